The van der Waals surface area contributed by atoms with E-state index >= 15 is 0 Å². The van der Waals surface area contributed by atoms with Gasteiger partial charge in [-0.25, -0.2) is 4.98 Å². The summed E-state index contributed by atoms with van der Waals surface area (Å²) < 4.78 is 5.78. The van der Waals surface area contributed by atoms with Crippen LogP contribution >= 0.6 is 22.9 Å². The van der Waals surface area contributed by atoms with Gasteiger partial charge in [-0.1, -0.05) is 65.4 Å². The van der Waals surface area contributed by atoms with Crippen molar-refractivity contribution in [3.63, 3.8) is 0 Å². The molecular formula is C21H15ClN4OS. The number of rotatable bonds is 5. The highest BCUT2D eigenvalue weighted by Crippen LogP contribution is 2.38. The summed E-state index contributed by atoms with van der Waals surface area (Å²) >= 11 is 7.42. The summed E-state index contributed by atoms with van der Waals surface area (Å²) in [5.41, 5.74) is 8.24. The van der Waals surface area contributed by atoms with Gasteiger partial charge in [0, 0.05) is 5.56 Å². The Hall–Kier alpha value is -3.22. The Balaban J connectivity index is 1.52. The number of hydrogen-bond donors (Lipinski definition) is 1. The van der Waals surface area contributed by atoms with Crippen molar-refractivity contribution in [3.05, 3.63) is 83.9 Å². The van der Waals surface area contributed by atoms with Crippen molar-refractivity contribution in [2.75, 3.05) is 5.73 Å². The molecule has 4 aromatic rings. The molecule has 1 heterocycles. The maximum Gasteiger partial charge on any atom is 0.182 e. The average molecular weight is 407 g/mol. The topological polar surface area (TPSA) is 72.9 Å². The molecule has 138 valence electrons. The van der Waals surface area contributed by atoms with E-state index in [1.807, 2.05) is 72.8 Å². The highest BCUT2D eigenvalue weighted by molar-refractivity contribution is 7.19. The summed E-state index contributed by atoms with van der Waals surface area (Å²) in [4.78, 5) is 4.37. The van der Waals surface area contributed by atoms with E-state index in [1.54, 1.807) is 6.07 Å². The van der Waals surface area contributed by atoms with Gasteiger partial charge in [-0.05, 0) is 36.4 Å². The van der Waals surface area contributed by atoms with Crippen LogP contribution in [0.4, 0.5) is 15.8 Å². The predicted molar refractivity (Wildman–Crippen MR) is 114 cm³/mol. The van der Waals surface area contributed by atoms with Crippen LogP contribution in [0.1, 0.15) is 0 Å². The number of ether oxygens (including phenoxy) is 1. The Labute approximate surface area is 171 Å². The molecule has 0 saturated heterocycles. The molecule has 28 heavy (non-hydrogen) atoms. The maximum atomic E-state index is 6.12. The molecule has 0 unspecified atom stereocenters. The standard InChI is InChI=1S/C21H15ClN4OS/c22-17-8-4-5-9-18(17)27-16-12-10-15(11-13-16)25-26-20-19(24-21(23)28-20)14-6-2-1-3-7-14/h1-13H,(H2,23,24). The number of aromatic nitrogens is 1. The fourth-order valence-electron chi connectivity index (χ4n) is 2.52. The number of benzene rings is 3. The van der Waals surface area contributed by atoms with Crippen LogP contribution in [0.3, 0.4) is 0 Å². The van der Waals surface area contributed by atoms with E-state index < -0.39 is 0 Å². The number of thiazole rings is 1. The molecule has 5 nitrogen and oxygen atoms in total. The Morgan fingerprint density at radius 2 is 1.57 bits per heavy atom. The monoisotopic (exact) mass is 406 g/mol. The van der Waals surface area contributed by atoms with Crippen molar-refractivity contribution in [2.24, 2.45) is 10.2 Å². The number of para-hydroxylation sites is 1. The van der Waals surface area contributed by atoms with Crippen LogP contribution in [-0.2, 0) is 0 Å². The van der Waals surface area contributed by atoms with Crippen LogP contribution in [-0.4, -0.2) is 4.98 Å². The molecule has 0 spiro atoms. The second-order valence-corrected chi connectivity index (χ2v) is 7.21. The van der Waals surface area contributed by atoms with Crippen molar-refractivity contribution in [3.8, 4) is 22.8 Å². The lowest BCUT2D eigenvalue weighted by Gasteiger charge is -2.06. The Morgan fingerprint density at radius 3 is 2.32 bits per heavy atom. The average Bonchev–Trinajstić information content (AvgIpc) is 3.10. The summed E-state index contributed by atoms with van der Waals surface area (Å²) in [7, 11) is 0. The largest absolute Gasteiger partial charge is 0.456 e. The molecule has 0 aliphatic heterocycles. The highest BCUT2D eigenvalue weighted by Gasteiger charge is 2.11. The zero-order valence-corrected chi connectivity index (χ0v) is 16.2. The SMILES string of the molecule is Nc1nc(-c2ccccc2)c(N=Nc2ccc(Oc3ccccc3Cl)cc2)s1. The fourth-order valence-corrected chi connectivity index (χ4v) is 3.37. The number of halogens is 1. The van der Waals surface area contributed by atoms with Crippen LogP contribution < -0.4 is 10.5 Å². The van der Waals surface area contributed by atoms with Gasteiger partial charge in [0.25, 0.3) is 0 Å². The normalized spacial score (nSPS) is 11.0. The van der Waals surface area contributed by atoms with E-state index in [-0.39, 0.29) is 0 Å². The molecule has 7 heteroatoms. The van der Waals surface area contributed by atoms with Gasteiger partial charge in [0.05, 0.1) is 10.7 Å². The zero-order valence-electron chi connectivity index (χ0n) is 14.6. The number of hydrogen-bond acceptors (Lipinski definition) is 6. The van der Waals surface area contributed by atoms with Gasteiger partial charge >= 0.3 is 0 Å². The van der Waals surface area contributed by atoms with Crippen molar-refractivity contribution in [2.45, 2.75) is 0 Å². The first kappa shape index (κ1) is 18.2. The van der Waals surface area contributed by atoms with Crippen LogP contribution in [0, 0.1) is 0 Å². The van der Waals surface area contributed by atoms with Gasteiger partial charge < -0.3 is 10.5 Å². The van der Waals surface area contributed by atoms with Crippen LogP contribution in [0.25, 0.3) is 11.3 Å². The first-order valence-electron chi connectivity index (χ1n) is 8.45. The summed E-state index contributed by atoms with van der Waals surface area (Å²) in [6.45, 7) is 0. The van der Waals surface area contributed by atoms with Gasteiger partial charge in [0.2, 0.25) is 0 Å². The molecule has 1 aromatic heterocycles. The van der Waals surface area contributed by atoms with Gasteiger partial charge in [-0.3, -0.25) is 0 Å². The third-order valence-electron chi connectivity index (χ3n) is 3.83. The first-order valence-corrected chi connectivity index (χ1v) is 9.64. The number of anilines is 1. The molecule has 2 N–H and O–H groups in total. The van der Waals surface area contributed by atoms with E-state index in [1.165, 1.54) is 11.3 Å². The number of nitrogens with two attached hydrogens (primary N) is 1. The second kappa shape index (κ2) is 8.21. The predicted octanol–water partition coefficient (Wildman–Crippen LogP) is 7.25. The van der Waals surface area contributed by atoms with E-state index in [2.05, 4.69) is 15.2 Å². The lowest BCUT2D eigenvalue weighted by atomic mass is 10.2. The molecule has 0 aliphatic carbocycles. The van der Waals surface area contributed by atoms with Gasteiger partial charge in [0.1, 0.15) is 17.2 Å². The first-order chi connectivity index (χ1) is 13.7. The van der Waals surface area contributed by atoms with E-state index in [9.17, 15) is 0 Å². The fraction of sp³-hybridized carbons (Fsp3) is 0. The Morgan fingerprint density at radius 1 is 0.857 bits per heavy atom. The molecule has 4 rings (SSSR count). The van der Waals surface area contributed by atoms with Crippen molar-refractivity contribution in [1.82, 2.24) is 4.98 Å². The second-order valence-electron chi connectivity index (χ2n) is 5.80. The zero-order chi connectivity index (χ0) is 19.3. The van der Waals surface area contributed by atoms with Crippen molar-refractivity contribution >= 4 is 38.8 Å². The smallest absolute Gasteiger partial charge is 0.182 e. The minimum Gasteiger partial charge on any atom is -0.456 e. The highest BCUT2D eigenvalue weighted by atomic mass is 35.5. The molecule has 0 saturated carbocycles. The van der Waals surface area contributed by atoms with Crippen LogP contribution in [0.15, 0.2) is 89.1 Å². The van der Waals surface area contributed by atoms with Crippen LogP contribution in [0.5, 0.6) is 11.5 Å². The van der Waals surface area contributed by atoms with Crippen LogP contribution in [0.2, 0.25) is 5.02 Å². The third-order valence-corrected chi connectivity index (χ3v) is 4.91. The maximum absolute atomic E-state index is 6.12. The molecule has 0 fully saturated rings. The summed E-state index contributed by atoms with van der Waals surface area (Å²) in [5, 5.41) is 10.3. The Bertz CT molecular complexity index is 1110. The number of azo groups is 1. The lowest BCUT2D eigenvalue weighted by Crippen LogP contribution is -1.84. The molecule has 0 amide bonds. The molecule has 0 bridgehead atoms. The van der Waals surface area contributed by atoms with Crippen molar-refractivity contribution < 1.29 is 4.74 Å². The minimum absolute atomic E-state index is 0.455. The molecular weight excluding hydrogens is 392 g/mol. The summed E-state index contributed by atoms with van der Waals surface area (Å²) in [6.07, 6.45) is 0. The number of nitrogens with zero attached hydrogens (tertiary/aromatic N) is 3. The quantitative estimate of drug-likeness (QED) is 0.354. The Kier molecular flexibility index (Phi) is 5.32. The third kappa shape index (κ3) is 4.19. The summed E-state index contributed by atoms with van der Waals surface area (Å²) in [6, 6.07) is 24.4. The molecule has 3 aromatic carbocycles. The van der Waals surface area contributed by atoms with Gasteiger partial charge in [-0.2, -0.15) is 0 Å². The van der Waals surface area contributed by atoms with E-state index in [4.69, 9.17) is 22.1 Å². The molecule has 0 aliphatic rings. The molecule has 0 radical (unpaired) electrons. The number of nitrogen functional groups attached to an aromatic ring is 1. The summed E-state index contributed by atoms with van der Waals surface area (Å²) in [5.74, 6) is 1.27. The van der Waals surface area contributed by atoms with Crippen molar-refractivity contribution in [1.29, 1.82) is 0 Å². The lowest BCUT2D eigenvalue weighted by molar-refractivity contribution is 0.483. The van der Waals surface area contributed by atoms with E-state index in [0.717, 1.165) is 11.3 Å². The minimum atomic E-state index is 0.455. The van der Waals surface area contributed by atoms with Gasteiger partial charge in [-0.15, -0.1) is 10.2 Å². The van der Waals surface area contributed by atoms with E-state index in [0.29, 0.717) is 32.3 Å². The van der Waals surface area contributed by atoms with Gasteiger partial charge in [0.15, 0.2) is 10.1 Å². The molecule has 0 atom stereocenters.